The van der Waals surface area contributed by atoms with E-state index in [1.54, 1.807) is 6.20 Å². The van der Waals surface area contributed by atoms with Gasteiger partial charge in [-0.05, 0) is 49.1 Å². The summed E-state index contributed by atoms with van der Waals surface area (Å²) in [5.74, 6) is 0.378. The summed E-state index contributed by atoms with van der Waals surface area (Å²) in [7, 11) is 0. The van der Waals surface area contributed by atoms with Crippen LogP contribution in [0, 0.1) is 5.92 Å². The second kappa shape index (κ2) is 5.92. The molecule has 1 N–H and O–H groups in total. The molecule has 1 amide bonds. The van der Waals surface area contributed by atoms with Crippen molar-refractivity contribution in [2.24, 2.45) is 5.92 Å². The maximum absolute atomic E-state index is 12.9. The van der Waals surface area contributed by atoms with E-state index >= 15 is 0 Å². The minimum absolute atomic E-state index is 0.0208. The van der Waals surface area contributed by atoms with E-state index in [2.05, 4.69) is 10.1 Å². The van der Waals surface area contributed by atoms with E-state index in [0.717, 1.165) is 35.1 Å². The van der Waals surface area contributed by atoms with Gasteiger partial charge in [0.2, 0.25) is 0 Å². The molecule has 6 heteroatoms. The second-order valence-corrected chi connectivity index (χ2v) is 7.20. The number of aliphatic hydroxyl groups is 1. The van der Waals surface area contributed by atoms with Gasteiger partial charge in [0.15, 0.2) is 0 Å². The van der Waals surface area contributed by atoms with Gasteiger partial charge in [-0.1, -0.05) is 6.07 Å². The molecule has 1 aliphatic heterocycles. The van der Waals surface area contributed by atoms with Crippen molar-refractivity contribution in [2.75, 3.05) is 6.54 Å². The standard InChI is InChI=1S/C20H20N4O2/c25-19(13-3-4-13)18-11-16-12-23(8-9-24(16)22-18)20(26)15-5-6-17-14(10-15)2-1-7-21-17/h1-2,5-7,10-11,13,19,25H,3-4,8-9,12H2/t19-/m1/s1. The molecule has 0 saturated heterocycles. The van der Waals surface area contributed by atoms with Gasteiger partial charge in [-0.3, -0.25) is 14.5 Å². The minimum Gasteiger partial charge on any atom is -0.386 e. The zero-order valence-electron chi connectivity index (χ0n) is 14.4. The van der Waals surface area contributed by atoms with Crippen molar-refractivity contribution in [1.82, 2.24) is 19.7 Å². The van der Waals surface area contributed by atoms with E-state index in [0.29, 0.717) is 31.1 Å². The van der Waals surface area contributed by atoms with Crippen LogP contribution in [0.2, 0.25) is 0 Å². The maximum Gasteiger partial charge on any atom is 0.254 e. The number of rotatable bonds is 3. The summed E-state index contributed by atoms with van der Waals surface area (Å²) in [6.45, 7) is 1.81. The van der Waals surface area contributed by atoms with Crippen LogP contribution in [0.3, 0.4) is 0 Å². The number of nitrogens with zero attached hydrogens (tertiary/aromatic N) is 4. The first kappa shape index (κ1) is 15.5. The topological polar surface area (TPSA) is 71.2 Å². The summed E-state index contributed by atoms with van der Waals surface area (Å²) in [5.41, 5.74) is 3.30. The van der Waals surface area contributed by atoms with Crippen LogP contribution in [0.5, 0.6) is 0 Å². The molecule has 0 spiro atoms. The highest BCUT2D eigenvalue weighted by Crippen LogP contribution is 2.40. The fourth-order valence-corrected chi connectivity index (χ4v) is 3.65. The molecule has 3 heterocycles. The summed E-state index contributed by atoms with van der Waals surface area (Å²) in [6.07, 6.45) is 3.43. The molecule has 1 aromatic carbocycles. The van der Waals surface area contributed by atoms with Gasteiger partial charge in [-0.25, -0.2) is 0 Å². The number of aliphatic hydroxyl groups excluding tert-OH is 1. The van der Waals surface area contributed by atoms with Crippen LogP contribution < -0.4 is 0 Å². The molecule has 5 rings (SSSR count). The van der Waals surface area contributed by atoms with Gasteiger partial charge >= 0.3 is 0 Å². The van der Waals surface area contributed by atoms with Crippen molar-refractivity contribution in [1.29, 1.82) is 0 Å². The number of amides is 1. The Labute approximate surface area is 151 Å². The Balaban J connectivity index is 1.38. The van der Waals surface area contributed by atoms with Crippen LogP contribution in [0.25, 0.3) is 10.9 Å². The second-order valence-electron chi connectivity index (χ2n) is 7.20. The fraction of sp³-hybridized carbons (Fsp3) is 0.350. The Hall–Kier alpha value is -2.73. The molecular weight excluding hydrogens is 328 g/mol. The molecule has 26 heavy (non-hydrogen) atoms. The number of aromatic nitrogens is 3. The molecule has 1 saturated carbocycles. The van der Waals surface area contributed by atoms with Crippen molar-refractivity contribution in [2.45, 2.75) is 32.0 Å². The van der Waals surface area contributed by atoms with Crippen LogP contribution in [-0.4, -0.2) is 37.2 Å². The molecular formula is C20H20N4O2. The summed E-state index contributed by atoms with van der Waals surface area (Å²) in [4.78, 5) is 19.1. The van der Waals surface area contributed by atoms with Crippen LogP contribution in [0.15, 0.2) is 42.6 Å². The molecule has 6 nitrogen and oxygen atoms in total. The molecule has 2 aliphatic rings. The highest BCUT2D eigenvalue weighted by Gasteiger charge is 2.33. The average molecular weight is 348 g/mol. The minimum atomic E-state index is -0.467. The molecule has 3 aromatic rings. The summed E-state index contributed by atoms with van der Waals surface area (Å²) in [5, 5.41) is 15.8. The number of hydrogen-bond donors (Lipinski definition) is 1. The molecule has 0 radical (unpaired) electrons. The van der Waals surface area contributed by atoms with Crippen LogP contribution in [0.4, 0.5) is 0 Å². The molecule has 1 fully saturated rings. The van der Waals surface area contributed by atoms with E-state index in [1.165, 1.54) is 0 Å². The maximum atomic E-state index is 12.9. The lowest BCUT2D eigenvalue weighted by atomic mass is 10.1. The third-order valence-corrected chi connectivity index (χ3v) is 5.33. The normalized spacial score (nSPS) is 18.0. The number of carbonyl (C=O) groups is 1. The highest BCUT2D eigenvalue weighted by atomic mass is 16.3. The zero-order chi connectivity index (χ0) is 17.7. The van der Waals surface area contributed by atoms with Crippen molar-refractivity contribution in [3.05, 3.63) is 59.5 Å². The van der Waals surface area contributed by atoms with Gasteiger partial charge in [-0.15, -0.1) is 0 Å². The number of carbonyl (C=O) groups excluding carboxylic acids is 1. The van der Waals surface area contributed by atoms with Crippen molar-refractivity contribution < 1.29 is 9.90 Å². The molecule has 0 bridgehead atoms. The first-order chi connectivity index (χ1) is 12.7. The zero-order valence-corrected chi connectivity index (χ0v) is 14.4. The van der Waals surface area contributed by atoms with E-state index in [1.807, 2.05) is 46.0 Å². The Bertz CT molecular complexity index is 992. The number of pyridine rings is 1. The predicted molar refractivity (Wildman–Crippen MR) is 96.4 cm³/mol. The van der Waals surface area contributed by atoms with E-state index < -0.39 is 6.10 Å². The number of fused-ring (bicyclic) bond motifs is 2. The number of benzene rings is 1. The van der Waals surface area contributed by atoms with Gasteiger partial charge < -0.3 is 10.0 Å². The number of hydrogen-bond acceptors (Lipinski definition) is 4. The Morgan fingerprint density at radius 1 is 1.19 bits per heavy atom. The monoisotopic (exact) mass is 348 g/mol. The van der Waals surface area contributed by atoms with Gasteiger partial charge in [0.1, 0.15) is 6.10 Å². The Kier molecular flexibility index (Phi) is 3.53. The van der Waals surface area contributed by atoms with E-state index in [-0.39, 0.29) is 5.91 Å². The van der Waals surface area contributed by atoms with Crippen LogP contribution in [-0.2, 0) is 13.1 Å². The largest absolute Gasteiger partial charge is 0.386 e. The predicted octanol–water partition coefficient (Wildman–Crippen LogP) is 2.53. The lowest BCUT2D eigenvalue weighted by molar-refractivity contribution is 0.0705. The van der Waals surface area contributed by atoms with Crippen molar-refractivity contribution in [3.8, 4) is 0 Å². The van der Waals surface area contributed by atoms with E-state index in [9.17, 15) is 9.90 Å². The SMILES string of the molecule is O=C(c1ccc2ncccc2c1)N1CCn2nc([C@H](O)C3CC3)cc2C1. The van der Waals surface area contributed by atoms with Gasteiger partial charge in [0.25, 0.3) is 5.91 Å². The quantitative estimate of drug-likeness (QED) is 0.789. The third-order valence-electron chi connectivity index (χ3n) is 5.33. The molecule has 1 atom stereocenters. The highest BCUT2D eigenvalue weighted by molar-refractivity contribution is 5.97. The third kappa shape index (κ3) is 2.66. The fourth-order valence-electron chi connectivity index (χ4n) is 3.65. The molecule has 1 aliphatic carbocycles. The Morgan fingerprint density at radius 2 is 2.08 bits per heavy atom. The van der Waals surface area contributed by atoms with Gasteiger partial charge in [0, 0.05) is 23.7 Å². The summed E-state index contributed by atoms with van der Waals surface area (Å²) >= 11 is 0. The molecule has 2 aromatic heterocycles. The first-order valence-electron chi connectivity index (χ1n) is 9.08. The lowest BCUT2D eigenvalue weighted by Gasteiger charge is -2.27. The summed E-state index contributed by atoms with van der Waals surface area (Å²) in [6, 6.07) is 11.4. The van der Waals surface area contributed by atoms with Crippen molar-refractivity contribution >= 4 is 16.8 Å². The van der Waals surface area contributed by atoms with Crippen LogP contribution >= 0.6 is 0 Å². The average Bonchev–Trinajstić information content (AvgIpc) is 3.44. The van der Waals surface area contributed by atoms with E-state index in [4.69, 9.17) is 0 Å². The van der Waals surface area contributed by atoms with Crippen LogP contribution in [0.1, 0.15) is 40.7 Å². The molecule has 0 unspecified atom stereocenters. The van der Waals surface area contributed by atoms with Gasteiger partial charge in [-0.2, -0.15) is 5.10 Å². The summed E-state index contributed by atoms with van der Waals surface area (Å²) < 4.78 is 1.93. The molecule has 132 valence electrons. The Morgan fingerprint density at radius 3 is 2.92 bits per heavy atom. The van der Waals surface area contributed by atoms with Gasteiger partial charge in [0.05, 0.1) is 30.0 Å². The lowest BCUT2D eigenvalue weighted by Crippen LogP contribution is -2.38. The smallest absolute Gasteiger partial charge is 0.254 e. The first-order valence-corrected chi connectivity index (χ1v) is 9.08. The van der Waals surface area contributed by atoms with Crippen molar-refractivity contribution in [3.63, 3.8) is 0 Å².